The van der Waals surface area contributed by atoms with Gasteiger partial charge in [-0.1, -0.05) is 0 Å². The lowest BCUT2D eigenvalue weighted by atomic mass is 10.2. The smallest absolute Gasteiger partial charge is 0.330 e. The van der Waals surface area contributed by atoms with E-state index in [0.717, 1.165) is 4.57 Å². The van der Waals surface area contributed by atoms with Gasteiger partial charge in [-0.15, -0.1) is 0 Å². The normalized spacial score (nSPS) is 23.7. The van der Waals surface area contributed by atoms with E-state index in [2.05, 4.69) is 14.8 Å². The van der Waals surface area contributed by atoms with E-state index in [1.807, 2.05) is 0 Å². The third-order valence-corrected chi connectivity index (χ3v) is 3.36. The molecule has 0 amide bonds. The van der Waals surface area contributed by atoms with Gasteiger partial charge in [0.25, 0.3) is 5.56 Å². The summed E-state index contributed by atoms with van der Waals surface area (Å²) in [5, 5.41) is 9.20. The first kappa shape index (κ1) is 16.7. The van der Waals surface area contributed by atoms with Crippen LogP contribution in [-0.4, -0.2) is 39.4 Å². The van der Waals surface area contributed by atoms with Crippen molar-refractivity contribution in [1.82, 2.24) is 9.55 Å². The number of hydrogen-bond donors (Lipinski definition) is 2. The van der Waals surface area contributed by atoms with Crippen LogP contribution >= 0.6 is 22.6 Å². The Morgan fingerprint density at radius 1 is 1.64 bits per heavy atom. The zero-order valence-electron chi connectivity index (χ0n) is 11.5. The predicted molar refractivity (Wildman–Crippen MR) is 83.4 cm³/mol. The molecule has 1 saturated heterocycles. The standard InChI is InChI=1S/C13H13IN2O6/c1-7(18)21-10-4-9(6-17)22-12(10)16-5-8(2-3-14)11(19)15-13(16)20/h5,9-10,12,17H,4,6H2,1H3,(H,15,19,20)/t9-,10+,12+/m0/s1. The van der Waals surface area contributed by atoms with E-state index in [4.69, 9.17) is 9.47 Å². The van der Waals surface area contributed by atoms with E-state index in [-0.39, 0.29) is 18.6 Å². The maximum Gasteiger partial charge on any atom is 0.330 e. The molecule has 8 nitrogen and oxygen atoms in total. The Hall–Kier alpha value is -1.64. The van der Waals surface area contributed by atoms with Gasteiger partial charge in [0, 0.05) is 42.1 Å². The summed E-state index contributed by atoms with van der Waals surface area (Å²) in [6.45, 7) is 0.971. The van der Waals surface area contributed by atoms with E-state index in [9.17, 15) is 19.5 Å². The molecular formula is C13H13IN2O6. The number of halogens is 1. The number of H-pyrrole nitrogens is 1. The van der Waals surface area contributed by atoms with Gasteiger partial charge in [0.05, 0.1) is 12.7 Å². The Labute approximate surface area is 138 Å². The van der Waals surface area contributed by atoms with E-state index in [0.29, 0.717) is 0 Å². The SMILES string of the molecule is CC(=O)O[C@@H]1C[C@@H](CO)O[C@H]1n1cc(C#CI)c(=O)[nH]c1=O. The first-order valence-corrected chi connectivity index (χ1v) is 7.44. The Morgan fingerprint density at radius 3 is 2.95 bits per heavy atom. The second-order valence-corrected chi connectivity index (χ2v) is 5.18. The first-order chi connectivity index (χ1) is 10.5. The second-order valence-electron chi connectivity index (χ2n) is 4.64. The Balaban J connectivity index is 2.45. The van der Waals surface area contributed by atoms with Crippen LogP contribution in [0.15, 0.2) is 15.8 Å². The summed E-state index contributed by atoms with van der Waals surface area (Å²) in [6, 6.07) is 0. The number of nitrogens with one attached hydrogen (secondary N) is 1. The maximum absolute atomic E-state index is 12.0. The summed E-state index contributed by atoms with van der Waals surface area (Å²) in [4.78, 5) is 36.9. The fraction of sp³-hybridized carbons (Fsp3) is 0.462. The van der Waals surface area contributed by atoms with Crippen LogP contribution in [-0.2, 0) is 14.3 Å². The minimum atomic E-state index is -0.930. The molecule has 1 aromatic rings. The highest BCUT2D eigenvalue weighted by Gasteiger charge is 2.39. The molecule has 1 fully saturated rings. The van der Waals surface area contributed by atoms with Crippen molar-refractivity contribution < 1.29 is 19.4 Å². The summed E-state index contributed by atoms with van der Waals surface area (Å²) in [6.07, 6.45) is -0.723. The van der Waals surface area contributed by atoms with Gasteiger partial charge in [-0.05, 0) is 9.85 Å². The third-order valence-electron chi connectivity index (χ3n) is 3.09. The predicted octanol–water partition coefficient (Wildman–Crippen LogP) is -0.508. The molecule has 22 heavy (non-hydrogen) atoms. The molecule has 2 rings (SSSR count). The van der Waals surface area contributed by atoms with Crippen molar-refractivity contribution in [2.24, 2.45) is 0 Å². The van der Waals surface area contributed by atoms with Crippen LogP contribution in [0.25, 0.3) is 0 Å². The van der Waals surface area contributed by atoms with Gasteiger partial charge in [0.15, 0.2) is 6.23 Å². The number of ether oxygens (including phenoxy) is 2. The minimum absolute atomic E-state index is 0.0895. The molecule has 0 bridgehead atoms. The third kappa shape index (κ3) is 3.57. The van der Waals surface area contributed by atoms with Crippen molar-refractivity contribution in [2.45, 2.75) is 31.8 Å². The van der Waals surface area contributed by atoms with E-state index < -0.39 is 35.7 Å². The number of aromatic nitrogens is 2. The zero-order valence-corrected chi connectivity index (χ0v) is 13.7. The number of aromatic amines is 1. The van der Waals surface area contributed by atoms with E-state index in [1.54, 1.807) is 22.6 Å². The molecule has 1 aromatic heterocycles. The molecule has 0 unspecified atom stereocenters. The number of nitrogens with zero attached hydrogens (tertiary/aromatic N) is 1. The summed E-state index contributed by atoms with van der Waals surface area (Å²) in [5.74, 6) is 2.04. The van der Waals surface area contributed by atoms with Gasteiger partial charge in [0.1, 0.15) is 11.7 Å². The maximum atomic E-state index is 12.0. The summed E-state index contributed by atoms with van der Waals surface area (Å²) < 4.78 is 14.3. The molecule has 9 heteroatoms. The molecule has 2 N–H and O–H groups in total. The van der Waals surface area contributed by atoms with Crippen molar-refractivity contribution in [3.05, 3.63) is 32.6 Å². The lowest BCUT2D eigenvalue weighted by molar-refractivity contribution is -0.152. The van der Waals surface area contributed by atoms with Crippen molar-refractivity contribution in [2.75, 3.05) is 6.61 Å². The number of esters is 1. The van der Waals surface area contributed by atoms with Crippen LogP contribution in [0.2, 0.25) is 0 Å². The number of carbonyl (C=O) groups excluding carboxylic acids is 1. The molecule has 0 aromatic carbocycles. The Morgan fingerprint density at radius 2 is 2.36 bits per heavy atom. The largest absolute Gasteiger partial charge is 0.458 e. The highest BCUT2D eigenvalue weighted by Crippen LogP contribution is 2.30. The topological polar surface area (TPSA) is 111 Å². The number of aliphatic hydroxyl groups is 1. The lowest BCUT2D eigenvalue weighted by Crippen LogP contribution is -2.37. The average Bonchev–Trinajstić information content (AvgIpc) is 2.84. The van der Waals surface area contributed by atoms with Gasteiger partial charge in [-0.3, -0.25) is 19.1 Å². The molecule has 0 radical (unpaired) electrons. The summed E-state index contributed by atoms with van der Waals surface area (Å²) in [7, 11) is 0. The van der Waals surface area contributed by atoms with Gasteiger partial charge >= 0.3 is 11.7 Å². The molecular weight excluding hydrogens is 407 g/mol. The fourth-order valence-electron chi connectivity index (χ4n) is 2.21. The van der Waals surface area contributed by atoms with Gasteiger partial charge in [-0.25, -0.2) is 4.79 Å². The van der Waals surface area contributed by atoms with Crippen LogP contribution < -0.4 is 11.2 Å². The fourth-order valence-corrected chi connectivity index (χ4v) is 2.50. The number of rotatable bonds is 3. The number of hydrogen-bond acceptors (Lipinski definition) is 6. The summed E-state index contributed by atoms with van der Waals surface area (Å²) in [5.41, 5.74) is -1.22. The minimum Gasteiger partial charge on any atom is -0.458 e. The van der Waals surface area contributed by atoms with Crippen molar-refractivity contribution in [3.8, 4) is 9.85 Å². The highest BCUT2D eigenvalue weighted by molar-refractivity contribution is 14.1. The Kier molecular flexibility index (Phi) is 5.38. The van der Waals surface area contributed by atoms with Gasteiger partial charge < -0.3 is 14.6 Å². The van der Waals surface area contributed by atoms with Gasteiger partial charge in [0.2, 0.25) is 0 Å². The summed E-state index contributed by atoms with van der Waals surface area (Å²) >= 11 is 1.77. The molecule has 3 atom stereocenters. The molecule has 1 aliphatic heterocycles. The number of carbonyl (C=O) groups is 1. The van der Waals surface area contributed by atoms with Crippen LogP contribution in [0.1, 0.15) is 25.1 Å². The molecule has 118 valence electrons. The molecule has 0 spiro atoms. The quantitative estimate of drug-likeness (QED) is 0.388. The number of aliphatic hydroxyl groups excluding tert-OH is 1. The van der Waals surface area contributed by atoms with E-state index >= 15 is 0 Å². The first-order valence-electron chi connectivity index (χ1n) is 6.37. The zero-order chi connectivity index (χ0) is 16.3. The van der Waals surface area contributed by atoms with Crippen molar-refractivity contribution in [3.63, 3.8) is 0 Å². The van der Waals surface area contributed by atoms with Gasteiger partial charge in [-0.2, -0.15) is 0 Å². The van der Waals surface area contributed by atoms with Crippen LogP contribution in [0.5, 0.6) is 0 Å². The second kappa shape index (κ2) is 7.08. The molecule has 0 aliphatic carbocycles. The van der Waals surface area contributed by atoms with E-state index in [1.165, 1.54) is 13.1 Å². The van der Waals surface area contributed by atoms with Crippen molar-refractivity contribution in [1.29, 1.82) is 0 Å². The monoisotopic (exact) mass is 420 g/mol. The van der Waals surface area contributed by atoms with Crippen LogP contribution in [0.3, 0.4) is 0 Å². The van der Waals surface area contributed by atoms with Crippen molar-refractivity contribution >= 4 is 28.6 Å². The van der Waals surface area contributed by atoms with Crippen LogP contribution in [0.4, 0.5) is 0 Å². The molecule has 1 aliphatic rings. The lowest BCUT2D eigenvalue weighted by Gasteiger charge is -2.20. The Bertz CT molecular complexity index is 743. The molecule has 2 heterocycles. The van der Waals surface area contributed by atoms with Crippen LogP contribution in [0, 0.1) is 9.85 Å². The molecule has 0 saturated carbocycles. The average molecular weight is 420 g/mol. The highest BCUT2D eigenvalue weighted by atomic mass is 127.